The van der Waals surface area contributed by atoms with E-state index in [-0.39, 0.29) is 5.92 Å². The topological polar surface area (TPSA) is 64.6 Å². The zero-order valence-electron chi connectivity index (χ0n) is 17.8. The largest absolute Gasteiger partial charge is 0.467 e. The highest BCUT2D eigenvalue weighted by Crippen LogP contribution is 2.31. The Balaban J connectivity index is 3.20. The Labute approximate surface area is 164 Å². The van der Waals surface area contributed by atoms with Crippen molar-refractivity contribution in [3.63, 3.8) is 0 Å². The van der Waals surface area contributed by atoms with Crippen LogP contribution >= 0.6 is 0 Å². The number of alkyl carbamates (subject to hydrolysis) is 1. The third-order valence-electron chi connectivity index (χ3n) is 5.06. The van der Waals surface area contributed by atoms with Crippen LogP contribution in [0.25, 0.3) is 0 Å². The predicted octanol–water partition coefficient (Wildman–Crippen LogP) is 3.79. The first-order valence-electron chi connectivity index (χ1n) is 9.10. The number of nitrogens with one attached hydrogen (secondary N) is 1. The molecule has 0 spiro atoms. The van der Waals surface area contributed by atoms with Gasteiger partial charge in [-0.2, -0.15) is 0 Å². The fourth-order valence-electron chi connectivity index (χ4n) is 2.99. The number of rotatable bonds is 6. The molecule has 0 saturated carbocycles. The predicted molar refractivity (Wildman–Crippen MR) is 112 cm³/mol. The molecule has 1 rings (SSSR count). The number of hydrogen-bond acceptors (Lipinski definition) is 4. The van der Waals surface area contributed by atoms with Crippen LogP contribution in [0.2, 0.25) is 13.1 Å². The molecule has 5 nitrogen and oxygen atoms in total. The van der Waals surface area contributed by atoms with Gasteiger partial charge in [-0.1, -0.05) is 60.7 Å². The Bertz CT molecular complexity index is 694. The van der Waals surface area contributed by atoms with Crippen molar-refractivity contribution in [1.82, 2.24) is 5.32 Å². The van der Waals surface area contributed by atoms with E-state index in [9.17, 15) is 9.59 Å². The molecule has 0 aromatic heterocycles. The van der Waals surface area contributed by atoms with Gasteiger partial charge < -0.3 is 14.8 Å². The third kappa shape index (κ3) is 5.45. The first-order valence-corrected chi connectivity index (χ1v) is 12.1. The Morgan fingerprint density at radius 2 is 1.63 bits per heavy atom. The Hall–Kier alpha value is -2.08. The van der Waals surface area contributed by atoms with Gasteiger partial charge in [-0.3, -0.25) is 0 Å². The number of benzene rings is 1. The van der Waals surface area contributed by atoms with Crippen molar-refractivity contribution < 1.29 is 19.1 Å². The van der Waals surface area contributed by atoms with Gasteiger partial charge in [-0.05, 0) is 27.7 Å². The maximum atomic E-state index is 12.6. The zero-order chi connectivity index (χ0) is 21.0. The number of carbonyl (C=O) groups is 2. The molecule has 150 valence electrons. The second-order valence-corrected chi connectivity index (χ2v) is 13.0. The lowest BCUT2D eigenvalue weighted by Crippen LogP contribution is -2.61. The molecule has 1 N–H and O–H groups in total. The van der Waals surface area contributed by atoms with Crippen molar-refractivity contribution in [3.05, 3.63) is 42.1 Å². The molecule has 6 heteroatoms. The zero-order valence-corrected chi connectivity index (χ0v) is 18.8. The molecule has 0 fully saturated rings. The highest BCUT2D eigenvalue weighted by molar-refractivity contribution is 6.95. The maximum absolute atomic E-state index is 12.6. The standard InChI is InChI=1S/C21H33NO4Si/c1-15(16(2)27(8,9)17-13-11-10-12-14-17)21(6,18(23)25-7)22-19(24)26-20(3,4)5/h10-15H,2H2,1,3-9H3,(H,22,24)/t15-,21-/m1/s1. The van der Waals surface area contributed by atoms with Gasteiger partial charge in [0.2, 0.25) is 0 Å². The van der Waals surface area contributed by atoms with Crippen molar-refractivity contribution >= 4 is 25.3 Å². The van der Waals surface area contributed by atoms with Gasteiger partial charge in [0.05, 0.1) is 7.11 Å². The smallest absolute Gasteiger partial charge is 0.408 e. The van der Waals surface area contributed by atoms with Crippen LogP contribution in [0.4, 0.5) is 4.79 Å². The maximum Gasteiger partial charge on any atom is 0.408 e. The number of hydrogen-bond donors (Lipinski definition) is 1. The van der Waals surface area contributed by atoms with Crippen molar-refractivity contribution in [2.75, 3.05) is 7.11 Å². The van der Waals surface area contributed by atoms with E-state index in [1.165, 1.54) is 12.3 Å². The molecule has 1 amide bonds. The molecule has 1 aromatic rings. The van der Waals surface area contributed by atoms with Crippen LogP contribution in [0.1, 0.15) is 34.6 Å². The molecule has 2 atom stereocenters. The van der Waals surface area contributed by atoms with Crippen LogP contribution in [0.5, 0.6) is 0 Å². The molecular formula is C21H33NO4Si. The lowest BCUT2D eigenvalue weighted by atomic mass is 9.86. The van der Waals surface area contributed by atoms with Crippen LogP contribution in [0.15, 0.2) is 42.1 Å². The van der Waals surface area contributed by atoms with Crippen molar-refractivity contribution in [1.29, 1.82) is 0 Å². The summed E-state index contributed by atoms with van der Waals surface area (Å²) in [4.78, 5) is 25.0. The fourth-order valence-corrected chi connectivity index (χ4v) is 5.76. The van der Waals surface area contributed by atoms with Gasteiger partial charge in [0, 0.05) is 5.92 Å². The summed E-state index contributed by atoms with van der Waals surface area (Å²) in [5.74, 6) is -0.876. The van der Waals surface area contributed by atoms with E-state index in [4.69, 9.17) is 9.47 Å². The van der Waals surface area contributed by atoms with Crippen LogP contribution in [0.3, 0.4) is 0 Å². The number of ether oxygens (including phenoxy) is 2. The number of amides is 1. The molecule has 0 radical (unpaired) electrons. The molecule has 0 aliphatic carbocycles. The van der Waals surface area contributed by atoms with E-state index >= 15 is 0 Å². The van der Waals surface area contributed by atoms with Gasteiger partial charge in [0.15, 0.2) is 0 Å². The van der Waals surface area contributed by atoms with Gasteiger partial charge in [0.25, 0.3) is 0 Å². The van der Waals surface area contributed by atoms with E-state index < -0.39 is 31.3 Å². The summed E-state index contributed by atoms with van der Waals surface area (Å²) < 4.78 is 10.4. The summed E-state index contributed by atoms with van der Waals surface area (Å²) in [5, 5.41) is 4.89. The summed E-state index contributed by atoms with van der Waals surface area (Å²) >= 11 is 0. The third-order valence-corrected chi connectivity index (χ3v) is 8.87. The Morgan fingerprint density at radius 1 is 1.11 bits per heavy atom. The lowest BCUT2D eigenvalue weighted by Gasteiger charge is -2.39. The van der Waals surface area contributed by atoms with Gasteiger partial charge in [-0.15, -0.1) is 6.58 Å². The van der Waals surface area contributed by atoms with Gasteiger partial charge >= 0.3 is 12.1 Å². The second kappa shape index (κ2) is 8.29. The van der Waals surface area contributed by atoms with E-state index in [1.807, 2.05) is 25.1 Å². The number of methoxy groups -OCH3 is 1. The van der Waals surface area contributed by atoms with Crippen LogP contribution < -0.4 is 10.5 Å². The minimum Gasteiger partial charge on any atom is -0.467 e. The highest BCUT2D eigenvalue weighted by Gasteiger charge is 2.47. The fraction of sp³-hybridized carbons (Fsp3) is 0.524. The Kier molecular flexibility index (Phi) is 7.05. The monoisotopic (exact) mass is 391 g/mol. The second-order valence-electron chi connectivity index (χ2n) is 8.56. The quantitative estimate of drug-likeness (QED) is 0.592. The summed E-state index contributed by atoms with van der Waals surface area (Å²) in [7, 11) is -0.794. The molecule has 0 aliphatic rings. The molecular weight excluding hydrogens is 358 g/mol. The summed E-state index contributed by atoms with van der Waals surface area (Å²) in [6, 6.07) is 10.1. The molecule has 1 aromatic carbocycles. The van der Waals surface area contributed by atoms with E-state index in [0.29, 0.717) is 0 Å². The molecule has 27 heavy (non-hydrogen) atoms. The summed E-state index contributed by atoms with van der Waals surface area (Å²) in [6.07, 6.45) is -0.658. The average Bonchev–Trinajstić information content (AvgIpc) is 2.58. The highest BCUT2D eigenvalue weighted by atomic mass is 28.3. The van der Waals surface area contributed by atoms with Crippen molar-refractivity contribution in [3.8, 4) is 0 Å². The normalized spacial score (nSPS) is 15.3. The minimum absolute atomic E-state index is 0.348. The van der Waals surface area contributed by atoms with Gasteiger partial charge in [0.1, 0.15) is 19.2 Å². The minimum atomic E-state index is -2.11. The van der Waals surface area contributed by atoms with E-state index in [0.717, 1.165) is 5.20 Å². The van der Waals surface area contributed by atoms with Crippen molar-refractivity contribution in [2.45, 2.75) is 58.9 Å². The number of esters is 1. The van der Waals surface area contributed by atoms with Crippen molar-refractivity contribution in [2.24, 2.45) is 5.92 Å². The first-order chi connectivity index (χ1) is 12.3. The molecule has 0 unspecified atom stereocenters. The van der Waals surface area contributed by atoms with E-state index in [2.05, 4.69) is 37.1 Å². The molecule has 0 heterocycles. The summed E-state index contributed by atoms with van der Waals surface area (Å²) in [5.41, 5.74) is -1.95. The molecule has 0 aliphatic heterocycles. The van der Waals surface area contributed by atoms with Crippen LogP contribution in [0, 0.1) is 5.92 Å². The van der Waals surface area contributed by atoms with E-state index in [1.54, 1.807) is 27.7 Å². The van der Waals surface area contributed by atoms with Crippen LogP contribution in [-0.4, -0.2) is 38.4 Å². The number of carbonyl (C=O) groups excluding carboxylic acids is 2. The van der Waals surface area contributed by atoms with Crippen LogP contribution in [-0.2, 0) is 14.3 Å². The Morgan fingerprint density at radius 3 is 2.07 bits per heavy atom. The first kappa shape index (κ1) is 23.0. The SMILES string of the molecule is C=C([C@@H](C)[C@@](C)(NC(=O)OC(C)(C)C)C(=O)OC)[Si](C)(C)c1ccccc1. The molecule has 0 saturated heterocycles. The average molecular weight is 392 g/mol. The molecule has 0 bridgehead atoms. The van der Waals surface area contributed by atoms with Gasteiger partial charge in [-0.25, -0.2) is 9.59 Å². The summed E-state index contributed by atoms with van der Waals surface area (Å²) in [6.45, 7) is 17.6. The lowest BCUT2D eigenvalue weighted by molar-refractivity contribution is -0.149.